The Morgan fingerprint density at radius 2 is 1.90 bits per heavy atom. The average molecular weight is 468 g/mol. The first-order chi connectivity index (χ1) is 14.7. The number of hydrogen-bond donors (Lipinski definition) is 1. The van der Waals surface area contributed by atoms with Crippen molar-refractivity contribution in [3.63, 3.8) is 0 Å². The Kier molecular flexibility index (Phi) is 5.58. The van der Waals surface area contributed by atoms with Crippen molar-refractivity contribution in [2.75, 3.05) is 11.3 Å². The van der Waals surface area contributed by atoms with Crippen LogP contribution in [0.2, 0.25) is 0 Å². The van der Waals surface area contributed by atoms with E-state index < -0.39 is 22.8 Å². The Hall–Kier alpha value is -3.12. The minimum absolute atomic E-state index is 0.0842. The lowest BCUT2D eigenvalue weighted by molar-refractivity contribution is -0.153. The van der Waals surface area contributed by atoms with E-state index in [0.29, 0.717) is 17.4 Å². The van der Waals surface area contributed by atoms with E-state index in [1.807, 2.05) is 0 Å². The van der Waals surface area contributed by atoms with Gasteiger partial charge in [-0.1, -0.05) is 12.1 Å². The minimum Gasteiger partial charge on any atom is -0.484 e. The first-order valence-corrected chi connectivity index (χ1v) is 11.2. The number of sulfonamides is 1. The predicted molar refractivity (Wildman–Crippen MR) is 110 cm³/mol. The summed E-state index contributed by atoms with van der Waals surface area (Å²) in [5.41, 5.74) is 1.41. The Morgan fingerprint density at radius 1 is 1.13 bits per heavy atom. The molecule has 0 bridgehead atoms. The fourth-order valence-corrected chi connectivity index (χ4v) is 4.62. The minimum atomic E-state index is -4.39. The van der Waals surface area contributed by atoms with Gasteiger partial charge in [-0.2, -0.15) is 18.3 Å². The molecule has 4 aromatic rings. The molecule has 0 saturated carbocycles. The predicted octanol–water partition coefficient (Wildman–Crippen LogP) is 4.28. The molecule has 0 aliphatic carbocycles. The molecule has 0 amide bonds. The maximum atomic E-state index is 12.5. The lowest BCUT2D eigenvalue weighted by atomic mass is 10.2. The zero-order valence-electron chi connectivity index (χ0n) is 15.7. The number of ether oxygens (including phenoxy) is 1. The third-order valence-corrected chi connectivity index (χ3v) is 6.31. The molecule has 0 atom stereocenters. The van der Waals surface area contributed by atoms with Crippen LogP contribution in [-0.2, 0) is 16.6 Å². The van der Waals surface area contributed by atoms with Gasteiger partial charge in [0.2, 0.25) is 0 Å². The summed E-state index contributed by atoms with van der Waals surface area (Å²) in [6, 6.07) is 10.8. The van der Waals surface area contributed by atoms with E-state index in [-0.39, 0.29) is 15.8 Å². The molecule has 162 valence electrons. The van der Waals surface area contributed by atoms with E-state index in [9.17, 15) is 21.6 Å². The number of aromatic nitrogens is 3. The monoisotopic (exact) mass is 468 g/mol. The molecule has 31 heavy (non-hydrogen) atoms. The van der Waals surface area contributed by atoms with Crippen molar-refractivity contribution < 1.29 is 26.3 Å². The van der Waals surface area contributed by atoms with Crippen LogP contribution >= 0.6 is 11.3 Å². The van der Waals surface area contributed by atoms with Crippen molar-refractivity contribution in [3.8, 4) is 5.75 Å². The third-order valence-electron chi connectivity index (χ3n) is 4.16. The molecule has 12 heteroatoms. The van der Waals surface area contributed by atoms with Gasteiger partial charge in [-0.15, -0.1) is 11.3 Å². The van der Waals surface area contributed by atoms with E-state index in [1.165, 1.54) is 41.8 Å². The Balaban J connectivity index is 1.48. The Labute approximate surface area is 179 Å². The van der Waals surface area contributed by atoms with Crippen LogP contribution in [0.15, 0.2) is 65.1 Å². The lowest BCUT2D eigenvalue weighted by Gasteiger charge is -2.09. The zero-order valence-corrected chi connectivity index (χ0v) is 17.3. The van der Waals surface area contributed by atoms with Gasteiger partial charge in [0.1, 0.15) is 5.75 Å². The van der Waals surface area contributed by atoms with Gasteiger partial charge in [0.15, 0.2) is 11.7 Å². The first-order valence-electron chi connectivity index (χ1n) is 8.86. The highest BCUT2D eigenvalue weighted by Crippen LogP contribution is 2.23. The fraction of sp³-hybridized carbons (Fsp3) is 0.158. The Morgan fingerprint density at radius 3 is 2.58 bits per heavy atom. The summed E-state index contributed by atoms with van der Waals surface area (Å²) in [6.45, 7) is -0.993. The second-order valence-corrected chi connectivity index (χ2v) is 9.11. The molecule has 2 aromatic carbocycles. The van der Waals surface area contributed by atoms with E-state index in [0.717, 1.165) is 5.56 Å². The van der Waals surface area contributed by atoms with Crippen LogP contribution in [0.1, 0.15) is 5.56 Å². The van der Waals surface area contributed by atoms with Crippen molar-refractivity contribution >= 4 is 37.4 Å². The van der Waals surface area contributed by atoms with E-state index in [4.69, 9.17) is 4.74 Å². The molecule has 7 nitrogen and oxygen atoms in total. The van der Waals surface area contributed by atoms with Crippen LogP contribution < -0.4 is 9.46 Å². The van der Waals surface area contributed by atoms with Gasteiger partial charge in [0, 0.05) is 23.2 Å². The van der Waals surface area contributed by atoms with Crippen molar-refractivity contribution in [1.82, 2.24) is 14.8 Å². The van der Waals surface area contributed by atoms with Gasteiger partial charge < -0.3 is 4.74 Å². The number of rotatable bonds is 7. The fourth-order valence-electron chi connectivity index (χ4n) is 2.79. The highest BCUT2D eigenvalue weighted by molar-refractivity contribution is 7.93. The molecule has 0 unspecified atom stereocenters. The maximum Gasteiger partial charge on any atom is 0.422 e. The van der Waals surface area contributed by atoms with Crippen LogP contribution in [0.25, 0.3) is 10.9 Å². The number of nitrogens with zero attached hydrogens (tertiary/aromatic N) is 3. The summed E-state index contributed by atoms with van der Waals surface area (Å²) in [5.74, 6) is 0.120. The number of benzene rings is 2. The summed E-state index contributed by atoms with van der Waals surface area (Å²) in [5, 5.41) is 6.98. The number of anilines is 1. The van der Waals surface area contributed by atoms with Gasteiger partial charge in [0.05, 0.1) is 17.0 Å². The highest BCUT2D eigenvalue weighted by Gasteiger charge is 2.28. The first kappa shape index (κ1) is 21.1. The second-order valence-electron chi connectivity index (χ2n) is 6.54. The van der Waals surface area contributed by atoms with E-state index in [2.05, 4.69) is 14.8 Å². The Bertz CT molecular complexity index is 1290. The number of nitrogens with one attached hydrogen (secondary N) is 1. The summed E-state index contributed by atoms with van der Waals surface area (Å²) in [7, 11) is -3.78. The normalized spacial score (nSPS) is 12.2. The van der Waals surface area contributed by atoms with E-state index >= 15 is 0 Å². The topological polar surface area (TPSA) is 86.1 Å². The van der Waals surface area contributed by atoms with Gasteiger partial charge in [-0.3, -0.25) is 9.40 Å². The summed E-state index contributed by atoms with van der Waals surface area (Å²) >= 11 is 1.18. The van der Waals surface area contributed by atoms with Crippen LogP contribution in [0.5, 0.6) is 5.75 Å². The molecular weight excluding hydrogens is 453 g/mol. The lowest BCUT2D eigenvalue weighted by Crippen LogP contribution is -2.19. The largest absolute Gasteiger partial charge is 0.484 e. The van der Waals surface area contributed by atoms with Crippen LogP contribution in [-0.4, -0.2) is 36.0 Å². The molecule has 0 fully saturated rings. The SMILES string of the molecule is O=S(=O)(Nc1nccs1)c1ccc2nn(Cc3ccc(OCC(F)(F)F)cc3)cc2c1. The molecule has 1 N–H and O–H groups in total. The molecule has 2 aromatic heterocycles. The average Bonchev–Trinajstić information content (AvgIpc) is 3.35. The van der Waals surface area contributed by atoms with E-state index in [1.54, 1.807) is 34.5 Å². The number of alkyl halides is 3. The quantitative estimate of drug-likeness (QED) is 0.438. The van der Waals surface area contributed by atoms with Gasteiger partial charge >= 0.3 is 6.18 Å². The zero-order chi connectivity index (χ0) is 22.1. The third kappa shape index (κ3) is 5.33. The standard InChI is InChI=1S/C19H15F3N4O3S2/c20-19(21,22)12-29-15-3-1-13(2-4-15)10-26-11-14-9-16(5-6-17(14)24-26)31(27,28)25-18-23-7-8-30-18/h1-9,11H,10,12H2,(H,23,25). The van der Waals surface area contributed by atoms with Gasteiger partial charge in [0.25, 0.3) is 10.0 Å². The number of halogens is 3. The molecule has 0 aliphatic heterocycles. The molecule has 0 radical (unpaired) electrons. The molecular formula is C19H15F3N4O3S2. The van der Waals surface area contributed by atoms with Crippen LogP contribution in [0, 0.1) is 0 Å². The number of thiazole rings is 1. The van der Waals surface area contributed by atoms with Crippen molar-refractivity contribution in [3.05, 3.63) is 65.8 Å². The smallest absolute Gasteiger partial charge is 0.422 e. The molecule has 0 aliphatic rings. The number of hydrogen-bond acceptors (Lipinski definition) is 6. The maximum absolute atomic E-state index is 12.5. The molecule has 4 rings (SSSR count). The van der Waals surface area contributed by atoms with Gasteiger partial charge in [-0.25, -0.2) is 13.4 Å². The van der Waals surface area contributed by atoms with Crippen molar-refractivity contribution in [1.29, 1.82) is 0 Å². The van der Waals surface area contributed by atoms with Crippen LogP contribution in [0.3, 0.4) is 0 Å². The molecule has 2 heterocycles. The molecule has 0 spiro atoms. The summed E-state index contributed by atoms with van der Waals surface area (Å²) < 4.78 is 70.5. The second kappa shape index (κ2) is 8.19. The number of fused-ring (bicyclic) bond motifs is 1. The molecule has 0 saturated heterocycles. The van der Waals surface area contributed by atoms with Crippen molar-refractivity contribution in [2.45, 2.75) is 17.6 Å². The summed E-state index contributed by atoms with van der Waals surface area (Å²) in [6.07, 6.45) is -1.19. The highest BCUT2D eigenvalue weighted by atomic mass is 32.2. The van der Waals surface area contributed by atoms with Gasteiger partial charge in [-0.05, 0) is 35.9 Å². The summed E-state index contributed by atoms with van der Waals surface area (Å²) in [4.78, 5) is 4.00. The van der Waals surface area contributed by atoms with Crippen molar-refractivity contribution in [2.24, 2.45) is 0 Å². The van der Waals surface area contributed by atoms with Crippen LogP contribution in [0.4, 0.5) is 18.3 Å².